The molecule has 1 heterocycles. The van der Waals surface area contributed by atoms with E-state index in [4.69, 9.17) is 16.3 Å². The molecule has 0 aliphatic carbocycles. The lowest BCUT2D eigenvalue weighted by Gasteiger charge is -2.08. The molecule has 0 saturated heterocycles. The zero-order chi connectivity index (χ0) is 16.8. The van der Waals surface area contributed by atoms with Crippen molar-refractivity contribution in [2.45, 2.75) is 0 Å². The number of aromatic nitrogens is 1. The van der Waals surface area contributed by atoms with Crippen molar-refractivity contribution in [3.8, 4) is 5.75 Å². The van der Waals surface area contributed by atoms with Crippen molar-refractivity contribution in [1.29, 1.82) is 0 Å². The van der Waals surface area contributed by atoms with Crippen LogP contribution in [0.2, 0.25) is 0 Å². The van der Waals surface area contributed by atoms with E-state index in [0.717, 1.165) is 27.7 Å². The number of fused-ring (bicyclic) bond motifs is 1. The van der Waals surface area contributed by atoms with E-state index in [0.29, 0.717) is 5.75 Å². The molecule has 0 atom stereocenters. The molecule has 0 saturated carbocycles. The average Bonchev–Trinajstić information content (AvgIpc) is 2.65. The number of benzene rings is 2. The Hall–Kier alpha value is -3.34. The minimum absolute atomic E-state index is 0.181. The summed E-state index contributed by atoms with van der Waals surface area (Å²) in [6, 6.07) is 19.1. The summed E-state index contributed by atoms with van der Waals surface area (Å²) in [7, 11) is 0. The minimum atomic E-state index is 0.181. The second kappa shape index (κ2) is 7.28. The van der Waals surface area contributed by atoms with Gasteiger partial charge in [0, 0.05) is 15.9 Å². The Labute approximate surface area is 138 Å². The lowest BCUT2D eigenvalue weighted by molar-refractivity contribution is 0.334. The number of pyridine rings is 1. The van der Waals surface area contributed by atoms with Crippen LogP contribution in [0, 0.1) is 0 Å². The summed E-state index contributed by atoms with van der Waals surface area (Å²) in [5, 5.41) is 4.73. The summed E-state index contributed by atoms with van der Waals surface area (Å²) in [5.41, 5.74) is 11.9. The quantitative estimate of drug-likeness (QED) is 0.328. The maximum Gasteiger partial charge on any atom is 0.154 e. The van der Waals surface area contributed by atoms with Crippen molar-refractivity contribution in [1.82, 2.24) is 4.98 Å². The van der Waals surface area contributed by atoms with Gasteiger partial charge in [0.25, 0.3) is 0 Å². The standard InChI is InChI=1S/C18H15N5O/c19-23-21-12-15(11-14-6-2-4-8-18(14)24-20)17-10-9-13-5-1-3-7-16(13)22-17/h1-11H,12,20H2/b15-11+. The Bertz CT molecular complexity index is 945. The Balaban J connectivity index is 2.10. The van der Waals surface area contributed by atoms with Crippen molar-refractivity contribution in [2.75, 3.05) is 6.54 Å². The van der Waals surface area contributed by atoms with E-state index in [2.05, 4.69) is 15.0 Å². The van der Waals surface area contributed by atoms with Crippen molar-refractivity contribution in [3.63, 3.8) is 0 Å². The Morgan fingerprint density at radius 1 is 1.12 bits per heavy atom. The molecular weight excluding hydrogens is 302 g/mol. The van der Waals surface area contributed by atoms with Gasteiger partial charge >= 0.3 is 0 Å². The molecule has 118 valence electrons. The molecule has 6 nitrogen and oxygen atoms in total. The molecular formula is C18H15N5O. The zero-order valence-electron chi connectivity index (χ0n) is 12.8. The highest BCUT2D eigenvalue weighted by molar-refractivity contribution is 5.86. The fourth-order valence-electron chi connectivity index (χ4n) is 2.45. The molecule has 0 fully saturated rings. The van der Waals surface area contributed by atoms with Crippen molar-refractivity contribution in [2.24, 2.45) is 11.0 Å². The molecule has 0 radical (unpaired) electrons. The maximum absolute atomic E-state index is 8.67. The molecule has 0 aliphatic rings. The van der Waals surface area contributed by atoms with E-state index in [1.807, 2.05) is 60.7 Å². The van der Waals surface area contributed by atoms with Crippen LogP contribution in [0.1, 0.15) is 11.3 Å². The average molecular weight is 317 g/mol. The van der Waals surface area contributed by atoms with Crippen LogP contribution in [-0.4, -0.2) is 11.5 Å². The van der Waals surface area contributed by atoms with Crippen molar-refractivity contribution in [3.05, 3.63) is 82.4 Å². The van der Waals surface area contributed by atoms with Crippen molar-refractivity contribution >= 4 is 22.6 Å². The molecule has 2 N–H and O–H groups in total. The van der Waals surface area contributed by atoms with Gasteiger partial charge in [-0.3, -0.25) is 0 Å². The van der Waals surface area contributed by atoms with Crippen LogP contribution in [0.5, 0.6) is 5.75 Å². The van der Waals surface area contributed by atoms with Crippen molar-refractivity contribution < 1.29 is 4.84 Å². The molecule has 3 rings (SSSR count). The Kier molecular flexibility index (Phi) is 4.72. The predicted octanol–water partition coefficient (Wildman–Crippen LogP) is 4.34. The summed E-state index contributed by atoms with van der Waals surface area (Å²) in [6.45, 7) is 0.181. The number of azide groups is 1. The van der Waals surface area contributed by atoms with E-state index in [9.17, 15) is 0 Å². The Morgan fingerprint density at radius 3 is 2.75 bits per heavy atom. The van der Waals surface area contributed by atoms with E-state index in [-0.39, 0.29) is 6.54 Å². The third-order valence-corrected chi connectivity index (χ3v) is 3.61. The first-order valence-corrected chi connectivity index (χ1v) is 7.35. The van der Waals surface area contributed by atoms with E-state index >= 15 is 0 Å². The first-order valence-electron chi connectivity index (χ1n) is 7.35. The molecule has 0 unspecified atom stereocenters. The van der Waals surface area contributed by atoms with Gasteiger partial charge in [-0.1, -0.05) is 47.6 Å². The monoisotopic (exact) mass is 317 g/mol. The van der Waals surface area contributed by atoms with Gasteiger partial charge in [0.15, 0.2) is 5.75 Å². The summed E-state index contributed by atoms with van der Waals surface area (Å²) in [4.78, 5) is 12.4. The molecule has 0 amide bonds. The largest absolute Gasteiger partial charge is 0.411 e. The number of nitrogens with zero attached hydrogens (tertiary/aromatic N) is 4. The van der Waals surface area contributed by atoms with Crippen LogP contribution in [-0.2, 0) is 0 Å². The number of hydrogen-bond acceptors (Lipinski definition) is 4. The SMILES string of the molecule is [N-]=[N+]=NC/C(=C\c1ccccc1ON)c1ccc2ccccc2n1. The predicted molar refractivity (Wildman–Crippen MR) is 94.9 cm³/mol. The van der Waals surface area contributed by atoms with Gasteiger partial charge in [-0.15, -0.1) is 0 Å². The second-order valence-corrected chi connectivity index (χ2v) is 5.10. The fourth-order valence-corrected chi connectivity index (χ4v) is 2.45. The van der Waals surface area contributed by atoms with Gasteiger partial charge in [0.2, 0.25) is 0 Å². The number of hydrogen-bond donors (Lipinski definition) is 1. The van der Waals surface area contributed by atoms with Crippen LogP contribution in [0.3, 0.4) is 0 Å². The highest BCUT2D eigenvalue weighted by Gasteiger charge is 2.07. The molecule has 6 heteroatoms. The molecule has 0 aliphatic heterocycles. The van der Waals surface area contributed by atoms with Crippen LogP contribution < -0.4 is 10.7 Å². The summed E-state index contributed by atoms with van der Waals surface area (Å²) < 4.78 is 0. The van der Waals surface area contributed by atoms with E-state index in [1.54, 1.807) is 6.07 Å². The number of rotatable bonds is 5. The topological polar surface area (TPSA) is 96.9 Å². The third kappa shape index (κ3) is 3.35. The van der Waals surface area contributed by atoms with Crippen LogP contribution in [0.25, 0.3) is 33.0 Å². The Morgan fingerprint density at radius 2 is 1.92 bits per heavy atom. The van der Waals surface area contributed by atoms with Crippen LogP contribution in [0.15, 0.2) is 65.8 Å². The van der Waals surface area contributed by atoms with Gasteiger partial charge in [0.05, 0.1) is 17.8 Å². The second-order valence-electron chi connectivity index (χ2n) is 5.10. The molecule has 0 bridgehead atoms. The molecule has 3 aromatic rings. The summed E-state index contributed by atoms with van der Waals surface area (Å²) in [6.07, 6.45) is 1.87. The van der Waals surface area contributed by atoms with Crippen LogP contribution in [0.4, 0.5) is 0 Å². The molecule has 1 aromatic heterocycles. The first-order chi connectivity index (χ1) is 11.8. The van der Waals surface area contributed by atoms with Gasteiger partial charge in [0.1, 0.15) is 0 Å². The van der Waals surface area contributed by atoms with E-state index in [1.165, 1.54) is 0 Å². The molecule has 2 aromatic carbocycles. The van der Waals surface area contributed by atoms with Crippen LogP contribution >= 0.6 is 0 Å². The minimum Gasteiger partial charge on any atom is -0.411 e. The normalized spacial score (nSPS) is 11.1. The first kappa shape index (κ1) is 15.6. The van der Waals surface area contributed by atoms with Gasteiger partial charge in [-0.25, -0.2) is 4.98 Å². The third-order valence-electron chi connectivity index (χ3n) is 3.61. The highest BCUT2D eigenvalue weighted by atomic mass is 16.6. The zero-order valence-corrected chi connectivity index (χ0v) is 12.8. The summed E-state index contributed by atoms with van der Waals surface area (Å²) >= 11 is 0. The lowest BCUT2D eigenvalue weighted by Crippen LogP contribution is -2.03. The lowest BCUT2D eigenvalue weighted by atomic mass is 10.1. The number of nitrogens with two attached hydrogens (primary N) is 1. The smallest absolute Gasteiger partial charge is 0.154 e. The molecule has 24 heavy (non-hydrogen) atoms. The van der Waals surface area contributed by atoms with Gasteiger partial charge < -0.3 is 4.84 Å². The van der Waals surface area contributed by atoms with E-state index < -0.39 is 0 Å². The maximum atomic E-state index is 8.67. The molecule has 0 spiro atoms. The fraction of sp³-hybridized carbons (Fsp3) is 0.0556. The highest BCUT2D eigenvalue weighted by Crippen LogP contribution is 2.25. The van der Waals surface area contributed by atoms with Gasteiger partial charge in [-0.2, -0.15) is 5.90 Å². The summed E-state index contributed by atoms with van der Waals surface area (Å²) in [5.74, 6) is 5.85. The number of para-hydroxylation sites is 2. The van der Waals surface area contributed by atoms with Gasteiger partial charge in [-0.05, 0) is 35.4 Å².